The third-order valence-electron chi connectivity index (χ3n) is 8.37. The number of hydrogen-bond acceptors (Lipinski definition) is 3. The first-order chi connectivity index (χ1) is 13.5. The predicted molar refractivity (Wildman–Crippen MR) is 103 cm³/mol. The van der Waals surface area contributed by atoms with Crippen molar-refractivity contribution in [3.8, 4) is 0 Å². The molecule has 2 heterocycles. The summed E-state index contributed by atoms with van der Waals surface area (Å²) in [5.74, 6) is 1.16. The maximum atomic E-state index is 13.8. The maximum absolute atomic E-state index is 13.8. The lowest BCUT2D eigenvalue weighted by Crippen LogP contribution is -2.63. The lowest BCUT2D eigenvalue weighted by Gasteiger charge is -2.59. The second kappa shape index (κ2) is 5.59. The fourth-order valence-corrected chi connectivity index (χ4v) is 7.65. The minimum atomic E-state index is -0.690. The molecule has 4 aliphatic carbocycles. The Morgan fingerprint density at radius 2 is 1.75 bits per heavy atom. The number of nitrogens with zero attached hydrogens (tertiary/aromatic N) is 2. The molecule has 4 saturated carbocycles. The highest BCUT2D eigenvalue weighted by atomic mass is 16.3. The number of urea groups is 1. The molecule has 1 N–H and O–H groups in total. The van der Waals surface area contributed by atoms with Gasteiger partial charge in [0.1, 0.15) is 5.54 Å². The number of hydrogen-bond donors (Lipinski definition) is 1. The first-order valence-electron chi connectivity index (χ1n) is 10.9. The molecule has 7 rings (SSSR count). The predicted octanol–water partition coefficient (Wildman–Crippen LogP) is 2.97. The molecule has 5 heteroatoms. The Hall–Kier alpha value is -1.88. The summed E-state index contributed by atoms with van der Waals surface area (Å²) in [6.07, 6.45) is 6.83. The molecule has 2 saturated heterocycles. The van der Waals surface area contributed by atoms with Gasteiger partial charge in [-0.25, -0.2) is 4.79 Å². The van der Waals surface area contributed by atoms with Crippen molar-refractivity contribution in [3.63, 3.8) is 0 Å². The molecule has 0 aromatic heterocycles. The molecule has 28 heavy (non-hydrogen) atoms. The average molecular weight is 380 g/mol. The fraction of sp³-hybridized carbons (Fsp3) is 0.652. The molecule has 3 amide bonds. The maximum Gasteiger partial charge on any atom is 0.327 e. The van der Waals surface area contributed by atoms with Crippen LogP contribution in [0.1, 0.15) is 50.5 Å². The molecule has 148 valence electrons. The summed E-state index contributed by atoms with van der Waals surface area (Å²) in [6.45, 7) is 0.683. The molecule has 6 fully saturated rings. The number of amides is 3. The van der Waals surface area contributed by atoms with Crippen LogP contribution in [0.25, 0.3) is 0 Å². The van der Waals surface area contributed by atoms with Crippen molar-refractivity contribution in [1.29, 1.82) is 0 Å². The minimum absolute atomic E-state index is 0.00456. The van der Waals surface area contributed by atoms with E-state index in [-0.39, 0.29) is 29.8 Å². The van der Waals surface area contributed by atoms with Crippen molar-refractivity contribution in [2.75, 3.05) is 6.54 Å². The van der Waals surface area contributed by atoms with Crippen LogP contribution in [0.15, 0.2) is 30.3 Å². The molecule has 6 aliphatic rings. The van der Waals surface area contributed by atoms with Crippen LogP contribution in [0, 0.1) is 17.8 Å². The molecule has 0 radical (unpaired) electrons. The Labute approximate surface area is 165 Å². The summed E-state index contributed by atoms with van der Waals surface area (Å²) in [5.41, 5.74) is -0.113. The van der Waals surface area contributed by atoms with Crippen LogP contribution in [0.4, 0.5) is 4.79 Å². The first kappa shape index (κ1) is 17.0. The van der Waals surface area contributed by atoms with Crippen molar-refractivity contribution in [2.24, 2.45) is 17.8 Å². The first-order valence-corrected chi connectivity index (χ1v) is 10.9. The van der Waals surface area contributed by atoms with E-state index >= 15 is 0 Å². The van der Waals surface area contributed by atoms with E-state index in [4.69, 9.17) is 0 Å². The van der Waals surface area contributed by atoms with Gasteiger partial charge in [-0.1, -0.05) is 30.3 Å². The molecular weight excluding hydrogens is 352 g/mol. The van der Waals surface area contributed by atoms with E-state index < -0.39 is 11.1 Å². The van der Waals surface area contributed by atoms with Crippen molar-refractivity contribution in [3.05, 3.63) is 35.9 Å². The number of carbonyl (C=O) groups is 2. The summed E-state index contributed by atoms with van der Waals surface area (Å²) >= 11 is 0. The minimum Gasteiger partial charge on any atom is -0.390 e. The molecule has 2 aliphatic heterocycles. The second-order valence-electron chi connectivity index (χ2n) is 10.1. The smallest absolute Gasteiger partial charge is 0.327 e. The molecule has 2 unspecified atom stereocenters. The van der Waals surface area contributed by atoms with E-state index in [1.54, 1.807) is 4.90 Å². The van der Waals surface area contributed by atoms with Crippen LogP contribution in [-0.4, -0.2) is 50.6 Å². The summed E-state index contributed by atoms with van der Waals surface area (Å²) in [6, 6.07) is 10.0. The normalized spacial score (nSPS) is 43.9. The van der Waals surface area contributed by atoms with E-state index in [0.717, 1.165) is 50.5 Å². The van der Waals surface area contributed by atoms with Crippen LogP contribution in [0.5, 0.6) is 0 Å². The molecule has 5 nitrogen and oxygen atoms in total. The number of fused-ring (bicyclic) bond motifs is 1. The Bertz CT molecular complexity index is 824. The topological polar surface area (TPSA) is 60.9 Å². The summed E-state index contributed by atoms with van der Waals surface area (Å²) in [4.78, 5) is 30.8. The zero-order valence-electron chi connectivity index (χ0n) is 16.2. The summed E-state index contributed by atoms with van der Waals surface area (Å²) in [5, 5.41) is 10.9. The molecule has 1 aromatic rings. The highest BCUT2D eigenvalue weighted by Gasteiger charge is 2.65. The van der Waals surface area contributed by atoms with E-state index in [0.29, 0.717) is 18.9 Å². The molecule has 1 aromatic carbocycles. The van der Waals surface area contributed by atoms with Gasteiger partial charge in [-0.2, -0.15) is 0 Å². The van der Waals surface area contributed by atoms with Gasteiger partial charge in [0, 0.05) is 19.0 Å². The number of rotatable bonds is 3. The van der Waals surface area contributed by atoms with Gasteiger partial charge in [0.2, 0.25) is 0 Å². The van der Waals surface area contributed by atoms with Crippen molar-refractivity contribution < 1.29 is 14.7 Å². The van der Waals surface area contributed by atoms with E-state index in [1.807, 2.05) is 23.1 Å². The molecule has 3 atom stereocenters. The van der Waals surface area contributed by atoms with Crippen LogP contribution < -0.4 is 0 Å². The van der Waals surface area contributed by atoms with Gasteiger partial charge in [0.15, 0.2) is 0 Å². The average Bonchev–Trinajstić information content (AvgIpc) is 3.14. The second-order valence-corrected chi connectivity index (χ2v) is 10.1. The van der Waals surface area contributed by atoms with Crippen LogP contribution in [-0.2, 0) is 11.2 Å². The third kappa shape index (κ3) is 2.17. The van der Waals surface area contributed by atoms with Crippen LogP contribution in [0.2, 0.25) is 0 Å². The molecule has 0 spiro atoms. The van der Waals surface area contributed by atoms with Gasteiger partial charge in [-0.15, -0.1) is 0 Å². The van der Waals surface area contributed by atoms with E-state index in [2.05, 4.69) is 12.1 Å². The van der Waals surface area contributed by atoms with Crippen molar-refractivity contribution >= 4 is 11.9 Å². The van der Waals surface area contributed by atoms with Gasteiger partial charge < -0.3 is 10.0 Å². The number of imide groups is 1. The zero-order chi connectivity index (χ0) is 19.1. The molecule has 4 bridgehead atoms. The Morgan fingerprint density at radius 3 is 2.43 bits per heavy atom. The van der Waals surface area contributed by atoms with E-state index in [9.17, 15) is 14.7 Å². The SMILES string of the molecule is O=C1N(C2C3CC4CC2CC(O)(C4)C3)C(=O)[C@]2(Cc3ccccc3)CCCN12. The largest absolute Gasteiger partial charge is 0.390 e. The highest BCUT2D eigenvalue weighted by Crippen LogP contribution is 2.58. The van der Waals surface area contributed by atoms with Crippen LogP contribution >= 0.6 is 0 Å². The Balaban J connectivity index is 1.35. The van der Waals surface area contributed by atoms with Crippen molar-refractivity contribution in [1.82, 2.24) is 9.80 Å². The zero-order valence-corrected chi connectivity index (χ0v) is 16.2. The number of aliphatic hydroxyl groups is 1. The Morgan fingerprint density at radius 1 is 1.04 bits per heavy atom. The quantitative estimate of drug-likeness (QED) is 0.820. The van der Waals surface area contributed by atoms with E-state index in [1.165, 1.54) is 0 Å². The van der Waals surface area contributed by atoms with Gasteiger partial charge in [-0.05, 0) is 68.3 Å². The van der Waals surface area contributed by atoms with Gasteiger partial charge >= 0.3 is 6.03 Å². The van der Waals surface area contributed by atoms with Gasteiger partial charge in [0.05, 0.1) is 5.60 Å². The Kier molecular flexibility index (Phi) is 3.40. The number of benzene rings is 1. The third-order valence-corrected chi connectivity index (χ3v) is 8.37. The van der Waals surface area contributed by atoms with Gasteiger partial charge in [0.25, 0.3) is 5.91 Å². The van der Waals surface area contributed by atoms with Crippen molar-refractivity contribution in [2.45, 2.75) is 68.5 Å². The summed E-state index contributed by atoms with van der Waals surface area (Å²) < 4.78 is 0. The lowest BCUT2D eigenvalue weighted by atomic mass is 9.52. The van der Waals surface area contributed by atoms with Crippen LogP contribution in [0.3, 0.4) is 0 Å². The summed E-state index contributed by atoms with van der Waals surface area (Å²) in [7, 11) is 0. The monoisotopic (exact) mass is 380 g/mol. The molecular formula is C23H28N2O3. The fourth-order valence-electron chi connectivity index (χ4n) is 7.65. The highest BCUT2D eigenvalue weighted by molar-refractivity contribution is 6.08. The lowest BCUT2D eigenvalue weighted by molar-refractivity contribution is -0.163. The number of carbonyl (C=O) groups excluding carboxylic acids is 2. The standard InChI is InChI=1S/C23H28N2O3/c26-20-23(12-15-5-2-1-3-6-15)7-4-8-24(23)21(27)25(20)19-17-9-16-10-18(19)14-22(28,11-16)13-17/h1-3,5-6,16-19,28H,4,7-14H2/t16?,17?,18?,19?,22?,23-/m1/s1. The van der Waals surface area contributed by atoms with Gasteiger partial charge in [-0.3, -0.25) is 9.69 Å².